The number of methoxy groups -OCH3 is 1. The first-order valence-corrected chi connectivity index (χ1v) is 8.72. The lowest BCUT2D eigenvalue weighted by Gasteiger charge is -2.11. The molecule has 0 unspecified atom stereocenters. The van der Waals surface area contributed by atoms with E-state index in [4.69, 9.17) is 34.8 Å². The molecule has 23 heavy (non-hydrogen) atoms. The van der Waals surface area contributed by atoms with E-state index in [1.807, 2.05) is 0 Å². The largest absolute Gasteiger partial charge is 0.465 e. The van der Waals surface area contributed by atoms with Crippen LogP contribution in [0.1, 0.15) is 10.4 Å². The lowest BCUT2D eigenvalue weighted by atomic mass is 10.2. The Labute approximate surface area is 148 Å². The summed E-state index contributed by atoms with van der Waals surface area (Å²) < 4.78 is 31.7. The Bertz CT molecular complexity index is 868. The summed E-state index contributed by atoms with van der Waals surface area (Å²) in [6.45, 7) is 0. The van der Waals surface area contributed by atoms with Crippen LogP contribution in [0.25, 0.3) is 0 Å². The van der Waals surface area contributed by atoms with Gasteiger partial charge in [0.15, 0.2) is 0 Å². The third-order valence-electron chi connectivity index (χ3n) is 2.83. The lowest BCUT2D eigenvalue weighted by Crippen LogP contribution is -2.14. The van der Waals surface area contributed by atoms with Crippen molar-refractivity contribution in [1.82, 2.24) is 0 Å². The zero-order valence-electron chi connectivity index (χ0n) is 11.6. The molecular weight excluding hydrogens is 385 g/mol. The predicted molar refractivity (Wildman–Crippen MR) is 90.1 cm³/mol. The number of hydrogen-bond donors (Lipinski definition) is 1. The molecule has 0 aromatic heterocycles. The third kappa shape index (κ3) is 3.90. The molecule has 0 radical (unpaired) electrons. The molecule has 5 nitrogen and oxygen atoms in total. The monoisotopic (exact) mass is 393 g/mol. The maximum atomic E-state index is 12.4. The number of ether oxygens (including phenoxy) is 1. The summed E-state index contributed by atoms with van der Waals surface area (Å²) in [6, 6.07) is 8.30. The minimum atomic E-state index is -3.99. The second-order valence-corrected chi connectivity index (χ2v) is 7.19. The molecule has 0 amide bonds. The van der Waals surface area contributed by atoms with E-state index in [-0.39, 0.29) is 31.2 Å². The zero-order valence-corrected chi connectivity index (χ0v) is 14.7. The van der Waals surface area contributed by atoms with Crippen LogP contribution in [-0.4, -0.2) is 21.5 Å². The normalized spacial score (nSPS) is 11.1. The van der Waals surface area contributed by atoms with Crippen LogP contribution in [0.5, 0.6) is 0 Å². The molecule has 122 valence electrons. The van der Waals surface area contributed by atoms with Crippen molar-refractivity contribution in [2.24, 2.45) is 0 Å². The van der Waals surface area contributed by atoms with Gasteiger partial charge in [0.25, 0.3) is 10.0 Å². The van der Waals surface area contributed by atoms with Gasteiger partial charge in [-0.3, -0.25) is 4.72 Å². The maximum absolute atomic E-state index is 12.4. The number of hydrogen-bond acceptors (Lipinski definition) is 4. The van der Waals surface area contributed by atoms with Crippen LogP contribution in [0.3, 0.4) is 0 Å². The Balaban J connectivity index is 2.42. The third-order valence-corrected chi connectivity index (χ3v) is 5.51. The molecule has 1 N–H and O–H groups in total. The summed E-state index contributed by atoms with van der Waals surface area (Å²) in [5.74, 6) is -0.683. The van der Waals surface area contributed by atoms with Crippen LogP contribution in [0.2, 0.25) is 15.1 Å². The maximum Gasteiger partial charge on any atom is 0.339 e. The number of nitrogens with one attached hydrogen (secondary N) is 1. The van der Waals surface area contributed by atoms with Gasteiger partial charge in [0.05, 0.1) is 27.7 Å². The van der Waals surface area contributed by atoms with Crippen LogP contribution >= 0.6 is 34.8 Å². The van der Waals surface area contributed by atoms with E-state index in [2.05, 4.69) is 9.46 Å². The molecular formula is C14H10Cl3NO4S. The lowest BCUT2D eigenvalue weighted by molar-refractivity contribution is 0.0601. The number of halogens is 3. The molecule has 0 aliphatic rings. The van der Waals surface area contributed by atoms with E-state index in [9.17, 15) is 13.2 Å². The zero-order chi connectivity index (χ0) is 17.2. The second kappa shape index (κ2) is 6.97. The molecule has 0 bridgehead atoms. The van der Waals surface area contributed by atoms with Crippen molar-refractivity contribution < 1.29 is 17.9 Å². The number of rotatable bonds is 4. The van der Waals surface area contributed by atoms with E-state index in [0.29, 0.717) is 0 Å². The van der Waals surface area contributed by atoms with Crippen molar-refractivity contribution in [2.75, 3.05) is 11.8 Å². The highest BCUT2D eigenvalue weighted by Gasteiger charge is 2.21. The minimum absolute atomic E-state index is 0.0338. The summed E-state index contributed by atoms with van der Waals surface area (Å²) in [6.07, 6.45) is 0. The minimum Gasteiger partial charge on any atom is -0.465 e. The van der Waals surface area contributed by atoms with Gasteiger partial charge >= 0.3 is 5.97 Å². The average Bonchev–Trinajstić information content (AvgIpc) is 2.50. The Morgan fingerprint density at radius 1 is 1.09 bits per heavy atom. The van der Waals surface area contributed by atoms with Gasteiger partial charge in [0.1, 0.15) is 4.90 Å². The average molecular weight is 395 g/mol. The Kier molecular flexibility index (Phi) is 5.41. The standard InChI is InChI=1S/C14H10Cl3NO4S/c1-22-14(19)9-7-8(5-6-10(9)15)18-23(20,21)12-4-2-3-11(16)13(12)17/h2-7,18H,1H3. The van der Waals surface area contributed by atoms with E-state index >= 15 is 0 Å². The van der Waals surface area contributed by atoms with Gasteiger partial charge in [-0.05, 0) is 30.3 Å². The molecule has 2 rings (SSSR count). The fourth-order valence-electron chi connectivity index (χ4n) is 1.76. The van der Waals surface area contributed by atoms with Gasteiger partial charge in [-0.2, -0.15) is 0 Å². The highest BCUT2D eigenvalue weighted by atomic mass is 35.5. The summed E-state index contributed by atoms with van der Waals surface area (Å²) in [5, 5.41) is 0.158. The van der Waals surface area contributed by atoms with Crippen molar-refractivity contribution in [3.8, 4) is 0 Å². The van der Waals surface area contributed by atoms with Crippen LogP contribution in [0.4, 0.5) is 5.69 Å². The van der Waals surface area contributed by atoms with Crippen LogP contribution < -0.4 is 4.72 Å². The molecule has 2 aromatic carbocycles. The summed E-state index contributed by atoms with van der Waals surface area (Å²) in [7, 11) is -2.79. The first-order chi connectivity index (χ1) is 10.8. The van der Waals surface area contributed by atoms with E-state index in [0.717, 1.165) is 0 Å². The molecule has 0 aliphatic heterocycles. The SMILES string of the molecule is COC(=O)c1cc(NS(=O)(=O)c2cccc(Cl)c2Cl)ccc1Cl. The number of carbonyl (C=O) groups is 1. The molecule has 0 heterocycles. The van der Waals surface area contributed by atoms with E-state index in [1.165, 1.54) is 43.5 Å². The van der Waals surface area contributed by atoms with Gasteiger partial charge in [-0.15, -0.1) is 0 Å². The van der Waals surface area contributed by atoms with Crippen LogP contribution in [0.15, 0.2) is 41.3 Å². The van der Waals surface area contributed by atoms with Crippen molar-refractivity contribution in [3.63, 3.8) is 0 Å². The highest BCUT2D eigenvalue weighted by Crippen LogP contribution is 2.30. The number of anilines is 1. The topological polar surface area (TPSA) is 72.5 Å². The molecule has 0 saturated heterocycles. The molecule has 0 atom stereocenters. The van der Waals surface area contributed by atoms with Gasteiger partial charge in [-0.25, -0.2) is 13.2 Å². The van der Waals surface area contributed by atoms with Gasteiger partial charge in [-0.1, -0.05) is 40.9 Å². The fraction of sp³-hybridized carbons (Fsp3) is 0.0714. The fourth-order valence-corrected chi connectivity index (χ4v) is 3.76. The first kappa shape index (κ1) is 17.9. The Hall–Kier alpha value is -1.47. The van der Waals surface area contributed by atoms with Gasteiger partial charge in [0.2, 0.25) is 0 Å². The van der Waals surface area contributed by atoms with Crippen molar-refractivity contribution in [1.29, 1.82) is 0 Å². The first-order valence-electron chi connectivity index (χ1n) is 6.11. The van der Waals surface area contributed by atoms with Gasteiger partial charge < -0.3 is 4.74 Å². The highest BCUT2D eigenvalue weighted by molar-refractivity contribution is 7.92. The summed E-state index contributed by atoms with van der Waals surface area (Å²) >= 11 is 17.6. The number of sulfonamides is 1. The summed E-state index contributed by atoms with van der Waals surface area (Å²) in [5.41, 5.74) is 0.164. The second-order valence-electron chi connectivity index (χ2n) is 4.34. The number of benzene rings is 2. The quantitative estimate of drug-likeness (QED) is 0.788. The van der Waals surface area contributed by atoms with Gasteiger partial charge in [0, 0.05) is 5.69 Å². The van der Waals surface area contributed by atoms with Crippen molar-refractivity contribution in [2.45, 2.75) is 4.90 Å². The Morgan fingerprint density at radius 2 is 1.78 bits per heavy atom. The predicted octanol–water partition coefficient (Wildman–Crippen LogP) is 4.23. The molecule has 0 fully saturated rings. The van der Waals surface area contributed by atoms with E-state index < -0.39 is 16.0 Å². The molecule has 0 spiro atoms. The smallest absolute Gasteiger partial charge is 0.339 e. The van der Waals surface area contributed by atoms with Crippen molar-refractivity contribution >= 4 is 56.5 Å². The number of esters is 1. The molecule has 0 saturated carbocycles. The molecule has 2 aromatic rings. The number of carbonyl (C=O) groups excluding carboxylic acids is 1. The van der Waals surface area contributed by atoms with Crippen LogP contribution in [0, 0.1) is 0 Å². The van der Waals surface area contributed by atoms with E-state index in [1.54, 1.807) is 0 Å². The van der Waals surface area contributed by atoms with Crippen LogP contribution in [-0.2, 0) is 14.8 Å². The Morgan fingerprint density at radius 3 is 2.43 bits per heavy atom. The summed E-state index contributed by atoms with van der Waals surface area (Å²) in [4.78, 5) is 11.4. The van der Waals surface area contributed by atoms with Crippen molar-refractivity contribution in [3.05, 3.63) is 57.0 Å². The molecule has 9 heteroatoms. The molecule has 0 aliphatic carbocycles.